The van der Waals surface area contributed by atoms with Crippen LogP contribution in [0.3, 0.4) is 0 Å². The van der Waals surface area contributed by atoms with Crippen LogP contribution in [0.25, 0.3) is 5.69 Å². The number of hydrogen-bond donors (Lipinski definition) is 1. The molecule has 1 aromatic heterocycles. The van der Waals surface area contributed by atoms with Gasteiger partial charge in [0.05, 0.1) is 37.3 Å². The lowest BCUT2D eigenvalue weighted by molar-refractivity contribution is -0.136. The van der Waals surface area contributed by atoms with Crippen molar-refractivity contribution < 1.29 is 14.3 Å². The molecule has 0 bridgehead atoms. The number of carbonyl (C=O) groups excluding carboxylic acids is 1. The Bertz CT molecular complexity index is 743. The third-order valence-corrected chi connectivity index (χ3v) is 4.55. The number of aromatic nitrogens is 3. The molecule has 4 rings (SSSR count). The molecule has 2 aliphatic heterocycles. The largest absolute Gasteiger partial charge is 0.378 e. The van der Waals surface area contributed by atoms with Gasteiger partial charge in [-0.2, -0.15) is 0 Å². The lowest BCUT2D eigenvalue weighted by Crippen LogP contribution is -2.57. The predicted octanol–water partition coefficient (Wildman–Crippen LogP) is 1.68. The number of nitrogens with one attached hydrogen (secondary N) is 1. The first-order chi connectivity index (χ1) is 12.1. The molecule has 8 heteroatoms. The van der Waals surface area contributed by atoms with Crippen LogP contribution in [0.5, 0.6) is 0 Å². The zero-order chi connectivity index (χ0) is 17.3. The first kappa shape index (κ1) is 16.0. The Labute approximate surface area is 145 Å². The number of ether oxygens (including phenoxy) is 2. The first-order valence-electron chi connectivity index (χ1n) is 8.42. The standard InChI is InChI=1S/C17H21N5O3/c1-13-10-21(11-17(25-13)5-8-24-12-17)16(23)19-14-3-2-4-15(9-14)22-7-6-18-20-22/h2-4,6-7,9,13H,5,8,10-12H2,1H3,(H,19,23)/t13-,17-/m0/s1. The molecule has 2 fully saturated rings. The van der Waals surface area contributed by atoms with Crippen molar-refractivity contribution in [3.05, 3.63) is 36.7 Å². The Hall–Kier alpha value is -2.45. The zero-order valence-corrected chi connectivity index (χ0v) is 14.1. The number of morpholine rings is 1. The van der Waals surface area contributed by atoms with E-state index in [1.165, 1.54) is 0 Å². The van der Waals surface area contributed by atoms with Crippen molar-refractivity contribution >= 4 is 11.7 Å². The van der Waals surface area contributed by atoms with Gasteiger partial charge in [-0.3, -0.25) is 0 Å². The maximum atomic E-state index is 12.7. The fourth-order valence-corrected chi connectivity index (χ4v) is 3.46. The molecular weight excluding hydrogens is 322 g/mol. The van der Waals surface area contributed by atoms with Crippen LogP contribution in [0.1, 0.15) is 13.3 Å². The van der Waals surface area contributed by atoms with E-state index in [1.54, 1.807) is 17.1 Å². The summed E-state index contributed by atoms with van der Waals surface area (Å²) in [5.41, 5.74) is 1.19. The molecule has 0 saturated carbocycles. The van der Waals surface area contributed by atoms with Crippen LogP contribution in [0.4, 0.5) is 10.5 Å². The average molecular weight is 343 g/mol. The molecule has 0 radical (unpaired) electrons. The summed E-state index contributed by atoms with van der Waals surface area (Å²) >= 11 is 0. The van der Waals surface area contributed by atoms with Gasteiger partial charge in [0.25, 0.3) is 0 Å². The van der Waals surface area contributed by atoms with Gasteiger partial charge in [-0.25, -0.2) is 9.48 Å². The summed E-state index contributed by atoms with van der Waals surface area (Å²) < 4.78 is 13.2. The van der Waals surface area contributed by atoms with Gasteiger partial charge in [0, 0.05) is 25.3 Å². The van der Waals surface area contributed by atoms with Crippen LogP contribution in [0, 0.1) is 0 Å². The maximum Gasteiger partial charge on any atom is 0.322 e. The average Bonchev–Trinajstić information content (AvgIpc) is 3.27. The monoisotopic (exact) mass is 343 g/mol. The van der Waals surface area contributed by atoms with E-state index in [2.05, 4.69) is 15.6 Å². The van der Waals surface area contributed by atoms with Crippen molar-refractivity contribution in [3.63, 3.8) is 0 Å². The van der Waals surface area contributed by atoms with E-state index >= 15 is 0 Å². The van der Waals surface area contributed by atoms with Crippen LogP contribution in [0.2, 0.25) is 0 Å². The van der Waals surface area contributed by atoms with Crippen molar-refractivity contribution in [3.8, 4) is 5.69 Å². The number of anilines is 1. The van der Waals surface area contributed by atoms with Gasteiger partial charge in [0.2, 0.25) is 0 Å². The molecule has 1 aromatic carbocycles. The molecule has 132 valence electrons. The molecule has 2 amide bonds. The van der Waals surface area contributed by atoms with Gasteiger partial charge in [0.15, 0.2) is 0 Å². The van der Waals surface area contributed by atoms with Crippen LogP contribution >= 0.6 is 0 Å². The third-order valence-electron chi connectivity index (χ3n) is 4.55. The van der Waals surface area contributed by atoms with Crippen molar-refractivity contribution in [2.24, 2.45) is 0 Å². The topological polar surface area (TPSA) is 81.5 Å². The van der Waals surface area contributed by atoms with Gasteiger partial charge in [-0.05, 0) is 25.1 Å². The Morgan fingerprint density at radius 3 is 3.12 bits per heavy atom. The van der Waals surface area contributed by atoms with Crippen molar-refractivity contribution in [1.29, 1.82) is 0 Å². The number of urea groups is 1. The van der Waals surface area contributed by atoms with E-state index in [0.717, 1.165) is 12.1 Å². The summed E-state index contributed by atoms with van der Waals surface area (Å²) in [6.45, 7) is 4.33. The molecule has 1 spiro atoms. The Kier molecular flexibility index (Phi) is 4.14. The van der Waals surface area contributed by atoms with Gasteiger partial charge < -0.3 is 19.7 Å². The van der Waals surface area contributed by atoms with Crippen molar-refractivity contribution in [2.45, 2.75) is 25.0 Å². The van der Waals surface area contributed by atoms with Gasteiger partial charge in [0.1, 0.15) is 5.60 Å². The molecule has 2 atom stereocenters. The van der Waals surface area contributed by atoms with E-state index in [4.69, 9.17) is 9.47 Å². The van der Waals surface area contributed by atoms with Crippen LogP contribution in [-0.4, -0.2) is 63.9 Å². The second-order valence-electron chi connectivity index (χ2n) is 6.62. The Morgan fingerprint density at radius 1 is 1.44 bits per heavy atom. The van der Waals surface area contributed by atoms with E-state index in [0.29, 0.717) is 32.0 Å². The van der Waals surface area contributed by atoms with Gasteiger partial charge in [-0.1, -0.05) is 11.3 Å². The Morgan fingerprint density at radius 2 is 2.36 bits per heavy atom. The fourth-order valence-electron chi connectivity index (χ4n) is 3.46. The highest BCUT2D eigenvalue weighted by Crippen LogP contribution is 2.30. The Balaban J connectivity index is 1.47. The number of amides is 2. The number of benzene rings is 1. The van der Waals surface area contributed by atoms with Crippen LogP contribution in [0.15, 0.2) is 36.7 Å². The summed E-state index contributed by atoms with van der Waals surface area (Å²) in [5.74, 6) is 0. The minimum absolute atomic E-state index is 0.0114. The highest BCUT2D eigenvalue weighted by atomic mass is 16.6. The first-order valence-corrected chi connectivity index (χ1v) is 8.42. The van der Waals surface area contributed by atoms with Crippen LogP contribution in [-0.2, 0) is 9.47 Å². The van der Waals surface area contributed by atoms with Crippen molar-refractivity contribution in [2.75, 3.05) is 31.6 Å². The highest BCUT2D eigenvalue weighted by Gasteiger charge is 2.44. The molecule has 1 N–H and O–H groups in total. The number of carbonyl (C=O) groups is 1. The smallest absolute Gasteiger partial charge is 0.322 e. The summed E-state index contributed by atoms with van der Waals surface area (Å²) in [4.78, 5) is 14.5. The molecule has 2 saturated heterocycles. The predicted molar refractivity (Wildman–Crippen MR) is 90.7 cm³/mol. The van der Waals surface area contributed by atoms with E-state index in [9.17, 15) is 4.79 Å². The maximum absolute atomic E-state index is 12.7. The van der Waals surface area contributed by atoms with Gasteiger partial charge >= 0.3 is 6.03 Å². The number of nitrogens with zero attached hydrogens (tertiary/aromatic N) is 4. The lowest BCUT2D eigenvalue weighted by atomic mass is 9.99. The zero-order valence-electron chi connectivity index (χ0n) is 14.1. The minimum atomic E-state index is -0.364. The molecule has 25 heavy (non-hydrogen) atoms. The second-order valence-corrected chi connectivity index (χ2v) is 6.62. The minimum Gasteiger partial charge on any atom is -0.378 e. The lowest BCUT2D eigenvalue weighted by Gasteiger charge is -2.42. The summed E-state index contributed by atoms with van der Waals surface area (Å²) in [6.07, 6.45) is 4.18. The second kappa shape index (κ2) is 6.45. The van der Waals surface area contributed by atoms with Crippen molar-refractivity contribution in [1.82, 2.24) is 19.9 Å². The molecule has 3 heterocycles. The third kappa shape index (κ3) is 3.35. The SMILES string of the molecule is C[C@H]1CN(C(=O)Nc2cccc(-n3ccnn3)c2)C[C@]2(CCOC2)O1. The van der Waals surface area contributed by atoms with E-state index < -0.39 is 0 Å². The summed E-state index contributed by atoms with van der Waals surface area (Å²) in [7, 11) is 0. The molecule has 0 aliphatic carbocycles. The molecule has 0 unspecified atom stereocenters. The fraction of sp³-hybridized carbons (Fsp3) is 0.471. The van der Waals surface area contributed by atoms with E-state index in [-0.39, 0.29) is 17.7 Å². The van der Waals surface area contributed by atoms with Gasteiger partial charge in [-0.15, -0.1) is 5.10 Å². The number of hydrogen-bond acceptors (Lipinski definition) is 5. The normalized spacial score (nSPS) is 26.1. The highest BCUT2D eigenvalue weighted by molar-refractivity contribution is 5.89. The molecular formula is C17H21N5O3. The van der Waals surface area contributed by atoms with Crippen LogP contribution < -0.4 is 5.32 Å². The summed E-state index contributed by atoms with van der Waals surface area (Å²) in [5, 5.41) is 10.7. The number of rotatable bonds is 2. The summed E-state index contributed by atoms with van der Waals surface area (Å²) in [6, 6.07) is 7.38. The quantitative estimate of drug-likeness (QED) is 0.897. The molecule has 2 aromatic rings. The molecule has 2 aliphatic rings. The van der Waals surface area contributed by atoms with E-state index in [1.807, 2.05) is 36.1 Å². The molecule has 8 nitrogen and oxygen atoms in total.